The number of rotatable bonds is 6. The maximum absolute atomic E-state index is 13.5. The minimum absolute atomic E-state index is 0.00186. The van der Waals surface area contributed by atoms with Gasteiger partial charge in [-0.15, -0.1) is 0 Å². The molecule has 0 saturated carbocycles. The fourth-order valence-corrected chi connectivity index (χ4v) is 5.06. The molecule has 0 radical (unpaired) electrons. The van der Waals surface area contributed by atoms with Crippen molar-refractivity contribution in [1.82, 2.24) is 5.32 Å². The van der Waals surface area contributed by atoms with Crippen molar-refractivity contribution in [2.24, 2.45) is 5.41 Å². The number of non-ortho nitro benzene ring substituents is 1. The van der Waals surface area contributed by atoms with Crippen LogP contribution in [0.25, 0.3) is 0 Å². The monoisotopic (exact) mass is 510 g/mol. The maximum atomic E-state index is 13.5. The molecule has 36 heavy (non-hydrogen) atoms. The van der Waals surface area contributed by atoms with E-state index in [1.54, 1.807) is 38.3 Å². The highest BCUT2D eigenvalue weighted by Gasteiger charge is 2.44. The van der Waals surface area contributed by atoms with E-state index in [0.717, 1.165) is 5.56 Å². The molecule has 4 rings (SSSR count). The van der Waals surface area contributed by atoms with Crippen molar-refractivity contribution in [3.8, 4) is 5.75 Å². The Hall–Kier alpha value is -3.65. The minimum Gasteiger partial charge on any atom is -0.497 e. The number of ketones is 1. The molecule has 1 aliphatic heterocycles. The van der Waals surface area contributed by atoms with Crippen LogP contribution in [0.3, 0.4) is 0 Å². The lowest BCUT2D eigenvalue weighted by Gasteiger charge is -2.39. The van der Waals surface area contributed by atoms with Gasteiger partial charge in [-0.25, -0.2) is 4.79 Å². The Labute approximate surface area is 214 Å². The number of nitrogens with zero attached hydrogens (tertiary/aromatic N) is 1. The fourth-order valence-electron chi connectivity index (χ4n) is 4.83. The highest BCUT2D eigenvalue weighted by atomic mass is 35.5. The number of nitro benzene ring substituents is 1. The molecule has 0 amide bonds. The molecule has 2 aromatic rings. The molecule has 1 heterocycles. The zero-order chi connectivity index (χ0) is 26.2. The summed E-state index contributed by atoms with van der Waals surface area (Å²) in [4.78, 5) is 37.9. The number of carbonyl (C=O) groups excluding carboxylic acids is 2. The zero-order valence-corrected chi connectivity index (χ0v) is 21.3. The standard InChI is InChI=1S/C27H27ClN2O6/c1-15-23(26(32)36-14-16-5-8-18(35-4)9-6-16)24(19-11-17(30(33)34)7-10-20(19)28)25-21(29-15)12-27(2,3)13-22(25)31/h5-11,24,29H,12-14H2,1-4H3/t24-/m1/s1. The third kappa shape index (κ3) is 4.99. The molecule has 0 fully saturated rings. The van der Waals surface area contributed by atoms with E-state index >= 15 is 0 Å². The van der Waals surface area contributed by atoms with Gasteiger partial charge in [0.15, 0.2) is 5.78 Å². The summed E-state index contributed by atoms with van der Waals surface area (Å²) in [5.41, 5.74) is 2.46. The number of halogens is 1. The highest BCUT2D eigenvalue weighted by Crippen LogP contribution is 2.48. The van der Waals surface area contributed by atoms with Crippen molar-refractivity contribution in [2.45, 2.75) is 46.1 Å². The molecule has 8 nitrogen and oxygen atoms in total. The topological polar surface area (TPSA) is 108 Å². The zero-order valence-electron chi connectivity index (χ0n) is 20.5. The normalized spacial score (nSPS) is 18.9. The van der Waals surface area contributed by atoms with Crippen LogP contribution in [-0.2, 0) is 20.9 Å². The van der Waals surface area contributed by atoms with Crippen LogP contribution in [0.2, 0.25) is 5.02 Å². The Morgan fingerprint density at radius 2 is 1.89 bits per heavy atom. The number of hydrogen-bond donors (Lipinski definition) is 1. The number of esters is 1. The molecule has 0 bridgehead atoms. The number of nitrogens with one attached hydrogen (secondary N) is 1. The average molecular weight is 511 g/mol. The molecule has 2 aliphatic rings. The van der Waals surface area contributed by atoms with Gasteiger partial charge in [-0.3, -0.25) is 14.9 Å². The number of ether oxygens (including phenoxy) is 2. The average Bonchev–Trinajstić information content (AvgIpc) is 2.81. The van der Waals surface area contributed by atoms with Crippen LogP contribution in [0.15, 0.2) is 65.0 Å². The maximum Gasteiger partial charge on any atom is 0.337 e. The molecule has 0 spiro atoms. The molecule has 1 aliphatic carbocycles. The van der Waals surface area contributed by atoms with Crippen molar-refractivity contribution in [1.29, 1.82) is 0 Å². The summed E-state index contributed by atoms with van der Waals surface area (Å²) >= 11 is 6.52. The highest BCUT2D eigenvalue weighted by molar-refractivity contribution is 6.31. The fraction of sp³-hybridized carbons (Fsp3) is 0.333. The first-order valence-corrected chi connectivity index (χ1v) is 11.9. The van der Waals surface area contributed by atoms with Gasteiger partial charge >= 0.3 is 5.97 Å². The van der Waals surface area contributed by atoms with Crippen LogP contribution >= 0.6 is 11.6 Å². The first-order valence-electron chi connectivity index (χ1n) is 11.5. The largest absolute Gasteiger partial charge is 0.497 e. The SMILES string of the molecule is COc1ccc(COC(=O)C2=C(C)NC3=C(C(=O)CC(C)(C)C3)[C@@H]2c2cc([N+](=O)[O-])ccc2Cl)cc1. The molecule has 9 heteroatoms. The van der Waals surface area contributed by atoms with Crippen molar-refractivity contribution in [2.75, 3.05) is 7.11 Å². The molecule has 0 aromatic heterocycles. The van der Waals surface area contributed by atoms with Gasteiger partial charge in [-0.2, -0.15) is 0 Å². The predicted octanol–water partition coefficient (Wildman–Crippen LogP) is 5.60. The van der Waals surface area contributed by atoms with Gasteiger partial charge in [0.2, 0.25) is 0 Å². The van der Waals surface area contributed by atoms with E-state index in [4.69, 9.17) is 21.1 Å². The Bertz CT molecular complexity index is 1310. The summed E-state index contributed by atoms with van der Waals surface area (Å²) in [5, 5.41) is 15.0. The molecular weight excluding hydrogens is 484 g/mol. The molecule has 188 valence electrons. The van der Waals surface area contributed by atoms with Gasteiger partial charge < -0.3 is 14.8 Å². The second-order valence-electron chi connectivity index (χ2n) is 9.82. The lowest BCUT2D eigenvalue weighted by atomic mass is 9.68. The van der Waals surface area contributed by atoms with Crippen molar-refractivity contribution in [3.63, 3.8) is 0 Å². The third-order valence-corrected chi connectivity index (χ3v) is 6.83. The molecule has 1 atom stereocenters. The van der Waals surface area contributed by atoms with E-state index in [1.165, 1.54) is 18.2 Å². The van der Waals surface area contributed by atoms with Gasteiger partial charge in [0, 0.05) is 46.5 Å². The molecule has 1 N–H and O–H groups in total. The number of Topliss-reactive ketones (excluding diaryl/α,β-unsaturated/α-hetero) is 1. The number of allylic oxidation sites excluding steroid dienone is 3. The lowest BCUT2D eigenvalue weighted by Crippen LogP contribution is -2.38. The molecular formula is C27H27ClN2O6. The molecule has 2 aromatic carbocycles. The summed E-state index contributed by atoms with van der Waals surface area (Å²) in [6.07, 6.45) is 0.867. The second-order valence-corrected chi connectivity index (χ2v) is 10.2. The minimum atomic E-state index is -0.888. The predicted molar refractivity (Wildman–Crippen MR) is 135 cm³/mol. The number of benzene rings is 2. The van der Waals surface area contributed by atoms with Crippen LogP contribution in [-0.4, -0.2) is 23.8 Å². The lowest BCUT2D eigenvalue weighted by molar-refractivity contribution is -0.384. The van der Waals surface area contributed by atoms with Gasteiger partial charge in [-0.05, 0) is 48.1 Å². The van der Waals surface area contributed by atoms with Crippen LogP contribution in [0, 0.1) is 15.5 Å². The molecule has 0 saturated heterocycles. The Morgan fingerprint density at radius 3 is 2.53 bits per heavy atom. The second kappa shape index (κ2) is 9.78. The van der Waals surface area contributed by atoms with Gasteiger partial charge in [0.05, 0.1) is 17.6 Å². The van der Waals surface area contributed by atoms with Gasteiger partial charge in [0.1, 0.15) is 12.4 Å². The van der Waals surface area contributed by atoms with E-state index in [2.05, 4.69) is 5.32 Å². The number of carbonyl (C=O) groups is 2. The van der Waals surface area contributed by atoms with Crippen molar-refractivity contribution < 1.29 is 24.0 Å². The van der Waals surface area contributed by atoms with Crippen LogP contribution in [0.4, 0.5) is 5.69 Å². The van der Waals surface area contributed by atoms with E-state index in [0.29, 0.717) is 34.7 Å². The number of dihydropyridines is 1. The third-order valence-electron chi connectivity index (χ3n) is 6.49. The first kappa shape index (κ1) is 25.4. The number of methoxy groups -OCH3 is 1. The van der Waals surface area contributed by atoms with E-state index in [9.17, 15) is 19.7 Å². The Morgan fingerprint density at radius 1 is 1.19 bits per heavy atom. The van der Waals surface area contributed by atoms with Crippen LogP contribution < -0.4 is 10.1 Å². The van der Waals surface area contributed by atoms with E-state index in [-0.39, 0.29) is 40.5 Å². The summed E-state index contributed by atoms with van der Waals surface area (Å²) < 4.78 is 10.8. The van der Waals surface area contributed by atoms with Crippen molar-refractivity contribution in [3.05, 3.63) is 91.3 Å². The first-order chi connectivity index (χ1) is 17.0. The Balaban J connectivity index is 1.77. The Kier molecular flexibility index (Phi) is 6.91. The van der Waals surface area contributed by atoms with E-state index < -0.39 is 16.8 Å². The van der Waals surface area contributed by atoms with E-state index in [1.807, 2.05) is 13.8 Å². The summed E-state index contributed by atoms with van der Waals surface area (Å²) in [7, 11) is 1.57. The quantitative estimate of drug-likeness (QED) is 0.306. The summed E-state index contributed by atoms with van der Waals surface area (Å²) in [6, 6.07) is 11.2. The van der Waals surface area contributed by atoms with Crippen LogP contribution in [0.1, 0.15) is 50.7 Å². The van der Waals surface area contributed by atoms with Gasteiger partial charge in [0.25, 0.3) is 5.69 Å². The summed E-state index contributed by atoms with van der Waals surface area (Å²) in [5.74, 6) is -0.971. The summed E-state index contributed by atoms with van der Waals surface area (Å²) in [6.45, 7) is 5.74. The number of hydrogen-bond acceptors (Lipinski definition) is 7. The smallest absolute Gasteiger partial charge is 0.337 e. The van der Waals surface area contributed by atoms with Crippen molar-refractivity contribution >= 4 is 29.0 Å². The molecule has 0 unspecified atom stereocenters. The number of nitro groups is 1. The van der Waals surface area contributed by atoms with Crippen LogP contribution in [0.5, 0.6) is 5.75 Å². The van der Waals surface area contributed by atoms with Gasteiger partial charge in [-0.1, -0.05) is 37.6 Å².